The molecule has 0 aliphatic rings. The molecule has 0 atom stereocenters. The van der Waals surface area contributed by atoms with Crippen LogP contribution in [-0.4, -0.2) is 15.4 Å². The van der Waals surface area contributed by atoms with Crippen LogP contribution in [0.5, 0.6) is 0 Å². The molecule has 0 aliphatic carbocycles. The fourth-order valence-electron chi connectivity index (χ4n) is 2.47. The van der Waals surface area contributed by atoms with Crippen molar-refractivity contribution in [1.82, 2.24) is 9.55 Å². The summed E-state index contributed by atoms with van der Waals surface area (Å²) in [4.78, 5) is 4.71. The second-order valence-corrected chi connectivity index (χ2v) is 6.47. The Morgan fingerprint density at radius 1 is 1.14 bits per heavy atom. The van der Waals surface area contributed by atoms with Crippen LogP contribution in [0.2, 0.25) is 0 Å². The molecule has 2 nitrogen and oxygen atoms in total. The minimum absolute atomic E-state index is 0.582. The van der Waals surface area contributed by atoms with E-state index >= 15 is 0 Å². The first-order chi connectivity index (χ1) is 10.2. The van der Waals surface area contributed by atoms with E-state index < -0.39 is 0 Å². The zero-order valence-electron chi connectivity index (χ0n) is 11.8. The predicted molar refractivity (Wildman–Crippen MR) is 92.1 cm³/mol. The van der Waals surface area contributed by atoms with Crippen LogP contribution in [0, 0.1) is 6.92 Å². The highest BCUT2D eigenvalue weighted by Crippen LogP contribution is 2.23. The summed E-state index contributed by atoms with van der Waals surface area (Å²) in [6.07, 6.45) is 0.777. The molecule has 0 amide bonds. The molecular formula is C17H16BrClN2. The number of benzene rings is 2. The minimum Gasteiger partial charge on any atom is -0.323 e. The first kappa shape index (κ1) is 14.6. The number of nitrogens with zero attached hydrogens (tertiary/aromatic N) is 2. The fourth-order valence-corrected chi connectivity index (χ4v) is 2.99. The van der Waals surface area contributed by atoms with Gasteiger partial charge in [0.05, 0.1) is 11.0 Å². The topological polar surface area (TPSA) is 17.8 Å². The Hall–Kier alpha value is -1.32. The van der Waals surface area contributed by atoms with E-state index in [0.717, 1.165) is 34.3 Å². The van der Waals surface area contributed by atoms with Gasteiger partial charge in [0.2, 0.25) is 0 Å². The van der Waals surface area contributed by atoms with Crippen LogP contribution in [0.15, 0.2) is 46.9 Å². The third-order valence-corrected chi connectivity index (χ3v) is 4.25. The lowest BCUT2D eigenvalue weighted by molar-refractivity contribution is 0.754. The standard InChI is InChI=1S/C17H16BrClN2/c1-12-2-4-13(5-3-12)11-21-16-10-14(18)6-7-15(16)20-17(21)8-9-19/h2-7,10H,8-9,11H2,1H3. The van der Waals surface area contributed by atoms with Gasteiger partial charge in [0.25, 0.3) is 0 Å². The second kappa shape index (κ2) is 6.20. The van der Waals surface area contributed by atoms with E-state index in [-0.39, 0.29) is 0 Å². The van der Waals surface area contributed by atoms with Gasteiger partial charge in [-0.05, 0) is 30.7 Å². The third-order valence-electron chi connectivity index (χ3n) is 3.57. The van der Waals surface area contributed by atoms with Gasteiger partial charge in [-0.15, -0.1) is 11.6 Å². The monoisotopic (exact) mass is 362 g/mol. The maximum Gasteiger partial charge on any atom is 0.111 e. The summed E-state index contributed by atoms with van der Waals surface area (Å²) in [5.74, 6) is 1.62. The largest absolute Gasteiger partial charge is 0.323 e. The van der Waals surface area contributed by atoms with Gasteiger partial charge < -0.3 is 4.57 Å². The number of aromatic nitrogens is 2. The molecule has 0 fully saturated rings. The van der Waals surface area contributed by atoms with Gasteiger partial charge in [-0.3, -0.25) is 0 Å². The highest BCUT2D eigenvalue weighted by molar-refractivity contribution is 9.10. The zero-order chi connectivity index (χ0) is 14.8. The Morgan fingerprint density at radius 2 is 1.90 bits per heavy atom. The van der Waals surface area contributed by atoms with Gasteiger partial charge >= 0.3 is 0 Å². The molecule has 0 saturated heterocycles. The summed E-state index contributed by atoms with van der Waals surface area (Å²) < 4.78 is 3.32. The van der Waals surface area contributed by atoms with E-state index in [1.807, 2.05) is 12.1 Å². The van der Waals surface area contributed by atoms with Crippen LogP contribution in [0.3, 0.4) is 0 Å². The van der Waals surface area contributed by atoms with Gasteiger partial charge in [0.15, 0.2) is 0 Å². The molecule has 3 rings (SSSR count). The predicted octanol–water partition coefficient (Wildman–Crippen LogP) is 4.94. The van der Waals surface area contributed by atoms with Crippen LogP contribution in [-0.2, 0) is 13.0 Å². The molecule has 0 bridgehead atoms. The Bertz CT molecular complexity index is 762. The van der Waals surface area contributed by atoms with Crippen molar-refractivity contribution in [2.24, 2.45) is 0 Å². The average Bonchev–Trinajstić information content (AvgIpc) is 2.79. The number of alkyl halides is 1. The maximum atomic E-state index is 5.93. The van der Waals surface area contributed by atoms with Crippen LogP contribution in [0.25, 0.3) is 11.0 Å². The molecule has 0 aliphatic heterocycles. The normalized spacial score (nSPS) is 11.2. The molecule has 2 aromatic carbocycles. The SMILES string of the molecule is Cc1ccc(Cn2c(CCCl)nc3ccc(Br)cc32)cc1. The Labute approximate surface area is 137 Å². The van der Waals surface area contributed by atoms with Crippen molar-refractivity contribution in [3.05, 3.63) is 63.9 Å². The molecule has 0 N–H and O–H groups in total. The van der Waals surface area contributed by atoms with Gasteiger partial charge in [0.1, 0.15) is 5.82 Å². The van der Waals surface area contributed by atoms with Crippen LogP contribution in [0.4, 0.5) is 0 Å². The number of rotatable bonds is 4. The van der Waals surface area contributed by atoms with Crippen molar-refractivity contribution in [3.8, 4) is 0 Å². The van der Waals surface area contributed by atoms with Crippen molar-refractivity contribution < 1.29 is 0 Å². The highest BCUT2D eigenvalue weighted by atomic mass is 79.9. The molecular weight excluding hydrogens is 348 g/mol. The minimum atomic E-state index is 0.582. The zero-order valence-corrected chi connectivity index (χ0v) is 14.2. The molecule has 108 valence electrons. The van der Waals surface area contributed by atoms with E-state index in [4.69, 9.17) is 16.6 Å². The van der Waals surface area contributed by atoms with Gasteiger partial charge in [0, 0.05) is 23.3 Å². The Balaban J connectivity index is 2.07. The second-order valence-electron chi connectivity index (χ2n) is 5.17. The summed E-state index contributed by atoms with van der Waals surface area (Å²) >= 11 is 9.47. The molecule has 0 radical (unpaired) electrons. The highest BCUT2D eigenvalue weighted by Gasteiger charge is 2.11. The summed E-state index contributed by atoms with van der Waals surface area (Å²) in [6.45, 7) is 2.92. The Kier molecular flexibility index (Phi) is 4.32. The van der Waals surface area contributed by atoms with Crippen molar-refractivity contribution in [2.75, 3.05) is 5.88 Å². The lowest BCUT2D eigenvalue weighted by Crippen LogP contribution is -2.06. The lowest BCUT2D eigenvalue weighted by Gasteiger charge is -2.09. The van der Waals surface area contributed by atoms with E-state index in [1.54, 1.807) is 0 Å². The number of hydrogen-bond acceptors (Lipinski definition) is 1. The van der Waals surface area contributed by atoms with Gasteiger partial charge in [-0.1, -0.05) is 45.8 Å². The summed E-state index contributed by atoms with van der Waals surface area (Å²) in [6, 6.07) is 14.8. The molecule has 0 spiro atoms. The average molecular weight is 364 g/mol. The van der Waals surface area contributed by atoms with Gasteiger partial charge in [-0.25, -0.2) is 4.98 Å². The molecule has 0 unspecified atom stereocenters. The summed E-state index contributed by atoms with van der Waals surface area (Å²) in [5, 5.41) is 0. The van der Waals surface area contributed by atoms with Gasteiger partial charge in [-0.2, -0.15) is 0 Å². The maximum absolute atomic E-state index is 5.93. The van der Waals surface area contributed by atoms with E-state index in [0.29, 0.717) is 5.88 Å². The molecule has 4 heteroatoms. The van der Waals surface area contributed by atoms with Crippen LogP contribution in [0.1, 0.15) is 17.0 Å². The number of halogens is 2. The van der Waals surface area contributed by atoms with E-state index in [2.05, 4.69) is 57.8 Å². The van der Waals surface area contributed by atoms with Crippen molar-refractivity contribution in [3.63, 3.8) is 0 Å². The van der Waals surface area contributed by atoms with Crippen molar-refractivity contribution in [1.29, 1.82) is 0 Å². The number of aryl methyl sites for hydroxylation is 2. The third kappa shape index (κ3) is 3.14. The van der Waals surface area contributed by atoms with Crippen LogP contribution < -0.4 is 0 Å². The number of fused-ring (bicyclic) bond motifs is 1. The lowest BCUT2D eigenvalue weighted by atomic mass is 10.1. The number of hydrogen-bond donors (Lipinski definition) is 0. The molecule has 1 heterocycles. The molecule has 21 heavy (non-hydrogen) atoms. The molecule has 0 saturated carbocycles. The molecule has 3 aromatic rings. The quantitative estimate of drug-likeness (QED) is 0.601. The molecule has 1 aromatic heterocycles. The number of imidazole rings is 1. The van der Waals surface area contributed by atoms with Crippen molar-refractivity contribution in [2.45, 2.75) is 19.9 Å². The first-order valence-electron chi connectivity index (χ1n) is 6.93. The summed E-state index contributed by atoms with van der Waals surface area (Å²) in [7, 11) is 0. The first-order valence-corrected chi connectivity index (χ1v) is 8.26. The fraction of sp³-hybridized carbons (Fsp3) is 0.235. The van der Waals surface area contributed by atoms with E-state index in [1.165, 1.54) is 11.1 Å². The van der Waals surface area contributed by atoms with Crippen LogP contribution >= 0.6 is 27.5 Å². The smallest absolute Gasteiger partial charge is 0.111 e. The Morgan fingerprint density at radius 3 is 2.62 bits per heavy atom. The van der Waals surface area contributed by atoms with E-state index in [9.17, 15) is 0 Å². The summed E-state index contributed by atoms with van der Waals surface area (Å²) in [5.41, 5.74) is 4.71. The van der Waals surface area contributed by atoms with Crippen molar-refractivity contribution >= 4 is 38.6 Å².